The van der Waals surface area contributed by atoms with Gasteiger partial charge < -0.3 is 14.8 Å². The lowest BCUT2D eigenvalue weighted by molar-refractivity contribution is 0.321. The number of thiocarbonyl (C=S) groups is 1. The molecule has 26 heavy (non-hydrogen) atoms. The Morgan fingerprint density at radius 3 is 2.73 bits per heavy atom. The Bertz CT molecular complexity index is 909. The monoisotopic (exact) mass is 383 g/mol. The third-order valence-electron chi connectivity index (χ3n) is 4.58. The van der Waals surface area contributed by atoms with E-state index in [-0.39, 0.29) is 12.1 Å². The third kappa shape index (κ3) is 2.95. The first-order valence-electron chi connectivity index (χ1n) is 8.46. The summed E-state index contributed by atoms with van der Waals surface area (Å²) in [5.41, 5.74) is 2.07. The molecule has 1 N–H and O–H groups in total. The number of halogens is 1. The maximum absolute atomic E-state index is 5.99. The first-order chi connectivity index (χ1) is 12.7. The van der Waals surface area contributed by atoms with Gasteiger partial charge in [0.05, 0.1) is 22.8 Å². The zero-order valence-corrected chi connectivity index (χ0v) is 15.8. The largest absolute Gasteiger partial charge is 0.352 e. The molecule has 4 heterocycles. The molecule has 132 valence electrons. The van der Waals surface area contributed by atoms with E-state index in [2.05, 4.69) is 37.7 Å². The van der Waals surface area contributed by atoms with Crippen LogP contribution in [0.4, 0.5) is 0 Å². The number of aromatic nitrogens is 3. The van der Waals surface area contributed by atoms with Crippen LogP contribution in [0.3, 0.4) is 0 Å². The number of rotatable bonds is 4. The summed E-state index contributed by atoms with van der Waals surface area (Å²) in [6.45, 7) is 2.91. The average molecular weight is 384 g/mol. The molecule has 5 nitrogen and oxygen atoms in total. The fraction of sp³-hybridized carbons (Fsp3) is 0.211. The molecule has 0 aliphatic carbocycles. The van der Waals surface area contributed by atoms with Gasteiger partial charge in [-0.25, -0.2) is 4.98 Å². The predicted octanol–water partition coefficient (Wildman–Crippen LogP) is 3.91. The van der Waals surface area contributed by atoms with Crippen molar-refractivity contribution in [3.8, 4) is 5.82 Å². The Morgan fingerprint density at radius 2 is 2.04 bits per heavy atom. The molecule has 0 radical (unpaired) electrons. The normalized spacial score (nSPS) is 19.6. The molecule has 3 aromatic rings. The molecule has 0 saturated carbocycles. The molecule has 1 aliphatic heterocycles. The molecule has 1 saturated heterocycles. The SMILES string of the molecule is CCN1C(=S)N[C@H](c2ccccn2)[C@@H]1c1cccn1-c1ccc(Cl)cn1. The fourth-order valence-electron chi connectivity index (χ4n) is 3.42. The smallest absolute Gasteiger partial charge is 0.170 e. The number of nitrogens with zero attached hydrogens (tertiary/aromatic N) is 4. The first kappa shape index (κ1) is 17.0. The van der Waals surface area contributed by atoms with Crippen LogP contribution in [-0.2, 0) is 0 Å². The van der Waals surface area contributed by atoms with Crippen molar-refractivity contribution in [1.29, 1.82) is 0 Å². The Hall–Kier alpha value is -2.44. The van der Waals surface area contributed by atoms with Crippen molar-refractivity contribution in [3.63, 3.8) is 0 Å². The third-order valence-corrected chi connectivity index (χ3v) is 5.16. The van der Waals surface area contributed by atoms with Crippen molar-refractivity contribution in [1.82, 2.24) is 24.8 Å². The zero-order chi connectivity index (χ0) is 18.1. The first-order valence-corrected chi connectivity index (χ1v) is 9.25. The number of likely N-dealkylation sites (N-methyl/N-ethyl adjacent to an activating group) is 1. The van der Waals surface area contributed by atoms with E-state index in [4.69, 9.17) is 23.8 Å². The van der Waals surface area contributed by atoms with Gasteiger partial charge in [0.15, 0.2) is 5.11 Å². The molecular weight excluding hydrogens is 366 g/mol. The van der Waals surface area contributed by atoms with E-state index in [1.54, 1.807) is 6.20 Å². The summed E-state index contributed by atoms with van der Waals surface area (Å²) in [7, 11) is 0. The van der Waals surface area contributed by atoms with Gasteiger partial charge in [-0.15, -0.1) is 0 Å². The number of pyridine rings is 2. The highest BCUT2D eigenvalue weighted by atomic mass is 35.5. The standard InChI is InChI=1S/C19H18ClN5S/c1-2-24-18(17(23-19(24)26)14-6-3-4-10-21-14)15-7-5-11-25(15)16-9-8-13(20)12-22-16/h3-12,17-18H,2H2,1H3,(H,23,26)/t17-,18+/m1/s1. The average Bonchev–Trinajstić information content (AvgIpc) is 3.27. The van der Waals surface area contributed by atoms with Gasteiger partial charge in [-0.2, -0.15) is 0 Å². The highest BCUT2D eigenvalue weighted by Crippen LogP contribution is 2.39. The highest BCUT2D eigenvalue weighted by molar-refractivity contribution is 7.80. The minimum atomic E-state index is -0.0235. The number of hydrogen-bond donors (Lipinski definition) is 1. The molecule has 1 fully saturated rings. The molecule has 0 spiro atoms. The topological polar surface area (TPSA) is 46.0 Å². The summed E-state index contributed by atoms with van der Waals surface area (Å²) < 4.78 is 2.08. The second-order valence-corrected chi connectivity index (χ2v) is 6.87. The van der Waals surface area contributed by atoms with Crippen molar-refractivity contribution in [3.05, 3.63) is 77.5 Å². The quantitative estimate of drug-likeness (QED) is 0.692. The predicted molar refractivity (Wildman–Crippen MR) is 106 cm³/mol. The summed E-state index contributed by atoms with van der Waals surface area (Å²) in [6, 6.07) is 13.8. The molecule has 3 aromatic heterocycles. The van der Waals surface area contributed by atoms with E-state index < -0.39 is 0 Å². The van der Waals surface area contributed by atoms with E-state index in [9.17, 15) is 0 Å². The van der Waals surface area contributed by atoms with Crippen LogP contribution in [0, 0.1) is 0 Å². The second kappa shape index (κ2) is 7.05. The van der Waals surface area contributed by atoms with Crippen LogP contribution in [-0.4, -0.2) is 31.1 Å². The van der Waals surface area contributed by atoms with E-state index in [0.717, 1.165) is 28.9 Å². The molecule has 0 aromatic carbocycles. The minimum Gasteiger partial charge on any atom is -0.352 e. The van der Waals surface area contributed by atoms with Crippen molar-refractivity contribution < 1.29 is 0 Å². The molecule has 0 unspecified atom stereocenters. The summed E-state index contributed by atoms with van der Waals surface area (Å²) in [5.74, 6) is 0.822. The summed E-state index contributed by atoms with van der Waals surface area (Å²) in [4.78, 5) is 11.2. The van der Waals surface area contributed by atoms with Crippen molar-refractivity contribution >= 4 is 28.9 Å². The summed E-state index contributed by atoms with van der Waals surface area (Å²) in [5, 5.41) is 4.80. The highest BCUT2D eigenvalue weighted by Gasteiger charge is 2.40. The Kier molecular flexibility index (Phi) is 4.61. The Balaban J connectivity index is 1.80. The van der Waals surface area contributed by atoms with Crippen LogP contribution in [0.15, 0.2) is 61.1 Å². The lowest BCUT2D eigenvalue weighted by atomic mass is 10.0. The number of hydrogen-bond acceptors (Lipinski definition) is 3. The van der Waals surface area contributed by atoms with Crippen molar-refractivity contribution in [2.45, 2.75) is 19.0 Å². The van der Waals surface area contributed by atoms with E-state index in [1.165, 1.54) is 0 Å². The van der Waals surface area contributed by atoms with Crippen LogP contribution in [0.5, 0.6) is 0 Å². The molecule has 0 amide bonds. The molecule has 2 atom stereocenters. The van der Waals surface area contributed by atoms with Crippen molar-refractivity contribution in [2.75, 3.05) is 6.54 Å². The van der Waals surface area contributed by atoms with Gasteiger partial charge in [0.2, 0.25) is 0 Å². The fourth-order valence-corrected chi connectivity index (χ4v) is 3.90. The van der Waals surface area contributed by atoms with Crippen LogP contribution in [0.25, 0.3) is 5.82 Å². The number of nitrogens with one attached hydrogen (secondary N) is 1. The van der Waals surface area contributed by atoms with Gasteiger partial charge in [0, 0.05) is 30.8 Å². The van der Waals surface area contributed by atoms with Gasteiger partial charge in [-0.05, 0) is 55.5 Å². The van der Waals surface area contributed by atoms with Crippen LogP contribution < -0.4 is 5.32 Å². The molecule has 4 rings (SSSR count). The molecular formula is C19H18ClN5S. The lowest BCUT2D eigenvalue weighted by Crippen LogP contribution is -2.30. The summed E-state index contributed by atoms with van der Waals surface area (Å²) in [6.07, 6.45) is 5.48. The van der Waals surface area contributed by atoms with Gasteiger partial charge in [0.25, 0.3) is 0 Å². The lowest BCUT2D eigenvalue weighted by Gasteiger charge is -2.27. The van der Waals surface area contributed by atoms with Gasteiger partial charge in [-0.3, -0.25) is 4.98 Å². The van der Waals surface area contributed by atoms with E-state index in [0.29, 0.717) is 5.02 Å². The van der Waals surface area contributed by atoms with Gasteiger partial charge >= 0.3 is 0 Å². The van der Waals surface area contributed by atoms with E-state index >= 15 is 0 Å². The van der Waals surface area contributed by atoms with E-state index in [1.807, 2.05) is 48.8 Å². The minimum absolute atomic E-state index is 0.0230. The van der Waals surface area contributed by atoms with Crippen LogP contribution >= 0.6 is 23.8 Å². The van der Waals surface area contributed by atoms with Crippen LogP contribution in [0.2, 0.25) is 5.02 Å². The van der Waals surface area contributed by atoms with Crippen molar-refractivity contribution in [2.24, 2.45) is 0 Å². The molecule has 0 bridgehead atoms. The summed E-state index contributed by atoms with van der Waals surface area (Å²) >= 11 is 11.6. The Labute approximate surface area is 162 Å². The maximum Gasteiger partial charge on any atom is 0.170 e. The molecule has 1 aliphatic rings. The van der Waals surface area contributed by atoms with Gasteiger partial charge in [-0.1, -0.05) is 17.7 Å². The second-order valence-electron chi connectivity index (χ2n) is 6.05. The van der Waals surface area contributed by atoms with Crippen LogP contribution in [0.1, 0.15) is 30.4 Å². The Morgan fingerprint density at radius 1 is 1.15 bits per heavy atom. The van der Waals surface area contributed by atoms with Gasteiger partial charge in [0.1, 0.15) is 5.82 Å². The zero-order valence-electron chi connectivity index (χ0n) is 14.2. The maximum atomic E-state index is 5.99. The molecule has 7 heteroatoms.